The van der Waals surface area contributed by atoms with Gasteiger partial charge in [0.15, 0.2) is 0 Å². The van der Waals surface area contributed by atoms with Crippen molar-refractivity contribution in [3.63, 3.8) is 0 Å². The summed E-state index contributed by atoms with van der Waals surface area (Å²) in [5.41, 5.74) is 0. The molecule has 0 radical (unpaired) electrons. The zero-order valence-electron chi connectivity index (χ0n) is 13.2. The fourth-order valence-corrected chi connectivity index (χ4v) is 2.55. The zero-order valence-corrected chi connectivity index (χ0v) is 13.2. The summed E-state index contributed by atoms with van der Waals surface area (Å²) in [5, 5.41) is 3.11. The normalized spacial score (nSPS) is 17.4. The minimum Gasteiger partial charge on any atom is -0.352 e. The molecule has 116 valence electrons. The fraction of sp³-hybridized carbons (Fsp3) is 0.867. The number of nitrogens with zero attached hydrogens (tertiary/aromatic N) is 2. The Morgan fingerprint density at radius 2 is 1.50 bits per heavy atom. The van der Waals surface area contributed by atoms with Gasteiger partial charge in [-0.1, -0.05) is 32.1 Å². The Balaban J connectivity index is 2.28. The maximum Gasteiger partial charge on any atom is 0.236 e. The Kier molecular flexibility index (Phi) is 7.59. The SMILES string of the molecule is CN(CC(=O)NC1CCCCCCC1)CC(=O)N(C)C. The molecule has 1 aliphatic carbocycles. The summed E-state index contributed by atoms with van der Waals surface area (Å²) in [5.74, 6) is 0.0517. The summed E-state index contributed by atoms with van der Waals surface area (Å²) in [6, 6.07) is 0.320. The van der Waals surface area contributed by atoms with Gasteiger partial charge in [-0.05, 0) is 19.9 Å². The van der Waals surface area contributed by atoms with Gasteiger partial charge >= 0.3 is 0 Å². The molecule has 2 amide bonds. The zero-order chi connectivity index (χ0) is 15.0. The molecule has 0 aromatic heterocycles. The number of nitrogens with one attached hydrogen (secondary N) is 1. The molecule has 0 unspecified atom stereocenters. The molecule has 0 aromatic rings. The molecule has 0 spiro atoms. The van der Waals surface area contributed by atoms with Crippen molar-refractivity contribution in [1.82, 2.24) is 15.1 Å². The standard InChI is InChI=1S/C15H29N3O2/c1-17(2)15(20)12-18(3)11-14(19)16-13-9-7-5-4-6-8-10-13/h13H,4-12H2,1-3H3,(H,16,19). The van der Waals surface area contributed by atoms with Crippen LogP contribution in [0.25, 0.3) is 0 Å². The van der Waals surface area contributed by atoms with Gasteiger partial charge in [0, 0.05) is 20.1 Å². The average Bonchev–Trinajstić information content (AvgIpc) is 2.31. The van der Waals surface area contributed by atoms with E-state index in [9.17, 15) is 9.59 Å². The summed E-state index contributed by atoms with van der Waals surface area (Å²) >= 11 is 0. The average molecular weight is 283 g/mol. The van der Waals surface area contributed by atoms with Crippen molar-refractivity contribution in [3.8, 4) is 0 Å². The van der Waals surface area contributed by atoms with Crippen molar-refractivity contribution in [2.75, 3.05) is 34.2 Å². The second-order valence-electron chi connectivity index (χ2n) is 6.07. The molecule has 1 aliphatic rings. The topological polar surface area (TPSA) is 52.7 Å². The van der Waals surface area contributed by atoms with Crippen LogP contribution in [-0.4, -0.2) is 61.9 Å². The van der Waals surface area contributed by atoms with Crippen molar-refractivity contribution in [2.24, 2.45) is 0 Å². The molecule has 1 fully saturated rings. The smallest absolute Gasteiger partial charge is 0.236 e. The molecule has 0 aromatic carbocycles. The molecule has 20 heavy (non-hydrogen) atoms. The van der Waals surface area contributed by atoms with Crippen molar-refractivity contribution < 1.29 is 9.59 Å². The first-order valence-electron chi connectivity index (χ1n) is 7.67. The first-order chi connectivity index (χ1) is 9.49. The van der Waals surface area contributed by atoms with E-state index in [2.05, 4.69) is 5.32 Å². The van der Waals surface area contributed by atoms with Gasteiger partial charge in [0.2, 0.25) is 11.8 Å². The summed E-state index contributed by atoms with van der Waals surface area (Å²) < 4.78 is 0. The van der Waals surface area contributed by atoms with Crippen LogP contribution in [0, 0.1) is 0 Å². The molecule has 1 N–H and O–H groups in total. The fourth-order valence-electron chi connectivity index (χ4n) is 2.55. The second-order valence-corrected chi connectivity index (χ2v) is 6.07. The third kappa shape index (κ3) is 6.89. The predicted octanol–water partition coefficient (Wildman–Crippen LogP) is 1.24. The number of carbonyl (C=O) groups is 2. The van der Waals surface area contributed by atoms with Crippen molar-refractivity contribution in [3.05, 3.63) is 0 Å². The van der Waals surface area contributed by atoms with E-state index in [0.717, 1.165) is 12.8 Å². The van der Waals surface area contributed by atoms with Crippen molar-refractivity contribution in [2.45, 2.75) is 51.0 Å². The Morgan fingerprint density at radius 1 is 0.950 bits per heavy atom. The Labute approximate surface area is 122 Å². The Hall–Kier alpha value is -1.10. The second kappa shape index (κ2) is 8.95. The van der Waals surface area contributed by atoms with Crippen LogP contribution in [0.3, 0.4) is 0 Å². The number of hydrogen-bond donors (Lipinski definition) is 1. The highest BCUT2D eigenvalue weighted by Crippen LogP contribution is 2.16. The molecule has 0 bridgehead atoms. The maximum atomic E-state index is 12.0. The van der Waals surface area contributed by atoms with Crippen LogP contribution < -0.4 is 5.32 Å². The minimum atomic E-state index is 0.0197. The molecule has 5 nitrogen and oxygen atoms in total. The van der Waals surface area contributed by atoms with Crippen LogP contribution in [0.1, 0.15) is 44.9 Å². The van der Waals surface area contributed by atoms with Crippen molar-refractivity contribution in [1.29, 1.82) is 0 Å². The van der Waals surface area contributed by atoms with E-state index >= 15 is 0 Å². The molecular formula is C15H29N3O2. The molecule has 0 aliphatic heterocycles. The van der Waals surface area contributed by atoms with Crippen LogP contribution in [0.5, 0.6) is 0 Å². The Morgan fingerprint density at radius 3 is 2.05 bits per heavy atom. The number of carbonyl (C=O) groups excluding carboxylic acids is 2. The van der Waals surface area contributed by atoms with Crippen LogP contribution in [0.15, 0.2) is 0 Å². The van der Waals surface area contributed by atoms with Gasteiger partial charge in [-0.3, -0.25) is 14.5 Å². The summed E-state index contributed by atoms with van der Waals surface area (Å²) in [6.45, 7) is 0.571. The number of hydrogen-bond acceptors (Lipinski definition) is 3. The van der Waals surface area contributed by atoms with E-state index in [1.54, 1.807) is 30.9 Å². The lowest BCUT2D eigenvalue weighted by Crippen LogP contribution is -2.43. The maximum absolute atomic E-state index is 12.0. The minimum absolute atomic E-state index is 0.0197. The van der Waals surface area contributed by atoms with E-state index in [-0.39, 0.29) is 24.9 Å². The largest absolute Gasteiger partial charge is 0.352 e. The summed E-state index contributed by atoms with van der Waals surface area (Å²) in [6.07, 6.45) is 8.49. The van der Waals surface area contributed by atoms with E-state index in [0.29, 0.717) is 6.04 Å². The third-order valence-corrected chi connectivity index (χ3v) is 3.79. The lowest BCUT2D eigenvalue weighted by molar-refractivity contribution is -0.130. The van der Waals surface area contributed by atoms with Gasteiger partial charge in [0.05, 0.1) is 13.1 Å². The quantitative estimate of drug-likeness (QED) is 0.826. The van der Waals surface area contributed by atoms with E-state index in [1.165, 1.54) is 32.1 Å². The van der Waals surface area contributed by atoms with Gasteiger partial charge in [-0.2, -0.15) is 0 Å². The third-order valence-electron chi connectivity index (χ3n) is 3.79. The lowest BCUT2D eigenvalue weighted by atomic mass is 9.97. The van der Waals surface area contributed by atoms with E-state index in [4.69, 9.17) is 0 Å². The van der Waals surface area contributed by atoms with Crippen molar-refractivity contribution >= 4 is 11.8 Å². The monoisotopic (exact) mass is 283 g/mol. The van der Waals surface area contributed by atoms with Crippen LogP contribution >= 0.6 is 0 Å². The molecule has 5 heteroatoms. The first-order valence-corrected chi connectivity index (χ1v) is 7.67. The van der Waals surface area contributed by atoms with E-state index in [1.807, 2.05) is 0 Å². The lowest BCUT2D eigenvalue weighted by Gasteiger charge is -2.23. The van der Waals surface area contributed by atoms with Gasteiger partial charge in [-0.25, -0.2) is 0 Å². The molecule has 1 rings (SSSR count). The molecule has 0 heterocycles. The van der Waals surface area contributed by atoms with Crippen LogP contribution in [-0.2, 0) is 9.59 Å². The summed E-state index contributed by atoms with van der Waals surface area (Å²) in [7, 11) is 5.26. The van der Waals surface area contributed by atoms with Gasteiger partial charge < -0.3 is 10.2 Å². The predicted molar refractivity (Wildman–Crippen MR) is 80.4 cm³/mol. The highest BCUT2D eigenvalue weighted by Gasteiger charge is 2.16. The van der Waals surface area contributed by atoms with E-state index < -0.39 is 0 Å². The summed E-state index contributed by atoms with van der Waals surface area (Å²) in [4.78, 5) is 26.9. The van der Waals surface area contributed by atoms with Gasteiger partial charge in [-0.15, -0.1) is 0 Å². The van der Waals surface area contributed by atoms with Crippen LogP contribution in [0.4, 0.5) is 0 Å². The number of likely N-dealkylation sites (N-methyl/N-ethyl adjacent to an activating group) is 2. The molecule has 0 atom stereocenters. The molecular weight excluding hydrogens is 254 g/mol. The number of rotatable bonds is 5. The number of amides is 2. The highest BCUT2D eigenvalue weighted by molar-refractivity contribution is 5.81. The molecule has 0 saturated heterocycles. The first kappa shape index (κ1) is 17.0. The van der Waals surface area contributed by atoms with Crippen LogP contribution in [0.2, 0.25) is 0 Å². The van der Waals surface area contributed by atoms with Gasteiger partial charge in [0.25, 0.3) is 0 Å². The highest BCUT2D eigenvalue weighted by atomic mass is 16.2. The Bertz CT molecular complexity index is 310. The molecule has 1 saturated carbocycles. The van der Waals surface area contributed by atoms with Gasteiger partial charge in [0.1, 0.15) is 0 Å².